The van der Waals surface area contributed by atoms with E-state index in [0.29, 0.717) is 19.6 Å². The highest BCUT2D eigenvalue weighted by molar-refractivity contribution is 7.99. The molecule has 8 heteroatoms. The molecule has 3 rings (SSSR count). The average molecular weight is 389 g/mol. The Balaban J connectivity index is 1.57. The van der Waals surface area contributed by atoms with Gasteiger partial charge in [-0.3, -0.25) is 4.99 Å². The normalized spacial score (nSPS) is 28.8. The van der Waals surface area contributed by atoms with Crippen molar-refractivity contribution in [1.82, 2.24) is 14.5 Å². The van der Waals surface area contributed by atoms with Crippen molar-refractivity contribution >= 4 is 27.7 Å². The van der Waals surface area contributed by atoms with Crippen molar-refractivity contribution in [2.24, 2.45) is 16.8 Å². The Kier molecular flexibility index (Phi) is 6.91. The van der Waals surface area contributed by atoms with E-state index in [9.17, 15) is 8.42 Å². The van der Waals surface area contributed by atoms with Crippen LogP contribution >= 0.6 is 11.8 Å². The molecule has 2 saturated heterocycles. The molecule has 0 bridgehead atoms. The molecular formula is C17H32N4O2S2. The number of sulfonamides is 1. The fraction of sp³-hybridized carbons (Fsp3) is 0.941. The third-order valence-electron chi connectivity index (χ3n) is 5.58. The van der Waals surface area contributed by atoms with Crippen LogP contribution < -0.4 is 5.32 Å². The molecule has 0 radical (unpaired) electrons. The molecule has 2 heterocycles. The lowest BCUT2D eigenvalue weighted by Crippen LogP contribution is -2.42. The van der Waals surface area contributed by atoms with E-state index < -0.39 is 10.0 Å². The van der Waals surface area contributed by atoms with E-state index in [1.165, 1.54) is 25.7 Å². The number of aliphatic imine (C=N–C) groups is 1. The maximum Gasteiger partial charge on any atom is 0.215 e. The van der Waals surface area contributed by atoms with Crippen LogP contribution in [0.5, 0.6) is 0 Å². The van der Waals surface area contributed by atoms with Crippen LogP contribution in [0.3, 0.4) is 0 Å². The van der Waals surface area contributed by atoms with Crippen molar-refractivity contribution in [2.75, 3.05) is 56.5 Å². The summed E-state index contributed by atoms with van der Waals surface area (Å²) >= 11 is 1.83. The molecule has 3 fully saturated rings. The smallest absolute Gasteiger partial charge is 0.215 e. The first-order valence-electron chi connectivity index (χ1n) is 9.69. The van der Waals surface area contributed by atoms with E-state index in [1.54, 1.807) is 4.31 Å². The van der Waals surface area contributed by atoms with Crippen LogP contribution in [0.15, 0.2) is 4.99 Å². The number of guanidine groups is 1. The minimum absolute atomic E-state index is 0.118. The zero-order valence-electron chi connectivity index (χ0n) is 15.3. The van der Waals surface area contributed by atoms with Gasteiger partial charge in [-0.1, -0.05) is 12.8 Å². The molecule has 0 spiro atoms. The lowest BCUT2D eigenvalue weighted by Gasteiger charge is -2.25. The predicted octanol–water partition coefficient (Wildman–Crippen LogP) is 1.45. The average Bonchev–Trinajstić information content (AvgIpc) is 3.06. The summed E-state index contributed by atoms with van der Waals surface area (Å²) in [5, 5.41) is 3.36. The summed E-state index contributed by atoms with van der Waals surface area (Å²) in [4.78, 5) is 7.01. The van der Waals surface area contributed by atoms with E-state index >= 15 is 0 Å². The molecule has 1 saturated carbocycles. The molecule has 3 aliphatic rings. The summed E-state index contributed by atoms with van der Waals surface area (Å²) in [5.41, 5.74) is 0. The summed E-state index contributed by atoms with van der Waals surface area (Å²) in [6, 6.07) is 0. The van der Waals surface area contributed by atoms with Gasteiger partial charge in [-0.15, -0.1) is 0 Å². The van der Waals surface area contributed by atoms with E-state index in [2.05, 4.69) is 22.1 Å². The molecule has 0 aromatic heterocycles. The number of rotatable bonds is 5. The summed E-state index contributed by atoms with van der Waals surface area (Å²) < 4.78 is 26.6. The van der Waals surface area contributed by atoms with Crippen LogP contribution in [-0.2, 0) is 10.0 Å². The van der Waals surface area contributed by atoms with E-state index in [0.717, 1.165) is 48.9 Å². The fourth-order valence-electron chi connectivity index (χ4n) is 4.23. The molecule has 0 amide bonds. The van der Waals surface area contributed by atoms with Gasteiger partial charge in [0.2, 0.25) is 10.0 Å². The zero-order chi connectivity index (χ0) is 17.7. The number of nitrogens with zero attached hydrogens (tertiary/aromatic N) is 3. The van der Waals surface area contributed by atoms with Crippen molar-refractivity contribution in [3.05, 3.63) is 0 Å². The summed E-state index contributed by atoms with van der Waals surface area (Å²) in [6.07, 6.45) is 5.38. The molecule has 2 unspecified atom stereocenters. The Hall–Kier alpha value is -0.470. The van der Waals surface area contributed by atoms with Gasteiger partial charge in [-0.05, 0) is 31.6 Å². The van der Waals surface area contributed by atoms with E-state index in [4.69, 9.17) is 0 Å². The van der Waals surface area contributed by atoms with Gasteiger partial charge in [0.15, 0.2) is 5.96 Å². The van der Waals surface area contributed by atoms with Gasteiger partial charge in [-0.2, -0.15) is 11.8 Å². The molecule has 25 heavy (non-hydrogen) atoms. The van der Waals surface area contributed by atoms with E-state index in [1.807, 2.05) is 11.8 Å². The summed E-state index contributed by atoms with van der Waals surface area (Å²) in [7, 11) is -3.17. The van der Waals surface area contributed by atoms with Gasteiger partial charge in [0.25, 0.3) is 0 Å². The summed E-state index contributed by atoms with van der Waals surface area (Å²) in [5.74, 6) is 4.43. The molecule has 1 N–H and O–H groups in total. The first kappa shape index (κ1) is 19.3. The van der Waals surface area contributed by atoms with Gasteiger partial charge in [0.05, 0.1) is 12.3 Å². The Bertz CT molecular complexity index is 547. The second kappa shape index (κ2) is 8.95. The van der Waals surface area contributed by atoms with Crippen molar-refractivity contribution in [3.63, 3.8) is 0 Å². The van der Waals surface area contributed by atoms with Crippen LogP contribution in [0.4, 0.5) is 0 Å². The molecular weight excluding hydrogens is 356 g/mol. The van der Waals surface area contributed by atoms with Crippen LogP contribution in [0.25, 0.3) is 0 Å². The lowest BCUT2D eigenvalue weighted by atomic mass is 9.82. The number of hydrogen-bond donors (Lipinski definition) is 1. The Labute approximate surface area is 156 Å². The van der Waals surface area contributed by atoms with Crippen LogP contribution in [0, 0.1) is 11.8 Å². The van der Waals surface area contributed by atoms with Crippen molar-refractivity contribution in [2.45, 2.75) is 32.6 Å². The Morgan fingerprint density at radius 2 is 1.80 bits per heavy atom. The summed E-state index contributed by atoms with van der Waals surface area (Å²) in [6.45, 7) is 6.68. The zero-order valence-corrected chi connectivity index (χ0v) is 17.0. The second-order valence-electron chi connectivity index (χ2n) is 7.27. The third-order valence-corrected chi connectivity index (χ3v) is 8.38. The largest absolute Gasteiger partial charge is 0.357 e. The fourth-order valence-corrected chi connectivity index (χ4v) is 6.68. The van der Waals surface area contributed by atoms with E-state index in [-0.39, 0.29) is 5.75 Å². The maximum absolute atomic E-state index is 12.5. The van der Waals surface area contributed by atoms with Crippen LogP contribution in [0.2, 0.25) is 0 Å². The molecule has 2 atom stereocenters. The maximum atomic E-state index is 12.5. The first-order valence-corrected chi connectivity index (χ1v) is 12.5. The quantitative estimate of drug-likeness (QED) is 0.570. The molecule has 0 aromatic carbocycles. The highest BCUT2D eigenvalue weighted by atomic mass is 32.2. The monoisotopic (exact) mass is 388 g/mol. The molecule has 2 aliphatic heterocycles. The number of thioether (sulfide) groups is 1. The van der Waals surface area contributed by atoms with Gasteiger partial charge >= 0.3 is 0 Å². The Morgan fingerprint density at radius 1 is 1.16 bits per heavy atom. The Morgan fingerprint density at radius 3 is 2.40 bits per heavy atom. The molecule has 6 nitrogen and oxygen atoms in total. The van der Waals surface area contributed by atoms with Crippen LogP contribution in [0.1, 0.15) is 32.6 Å². The number of nitrogens with one attached hydrogen (secondary N) is 1. The highest BCUT2D eigenvalue weighted by Crippen LogP contribution is 2.35. The first-order chi connectivity index (χ1) is 12.1. The molecule has 0 aromatic rings. The van der Waals surface area contributed by atoms with Gasteiger partial charge in [0, 0.05) is 44.2 Å². The minimum atomic E-state index is -3.17. The highest BCUT2D eigenvalue weighted by Gasteiger charge is 2.35. The number of likely N-dealkylation sites (tertiary alicyclic amines) is 1. The standard InChI is InChI=1S/C17H32N4O2S2/c1-2-18-17(20-13-15-5-3-4-6-16(15)14-20)19-7-12-25(22,23)21-8-10-24-11-9-21/h15-16H,2-14H2,1H3,(H,18,19). The third kappa shape index (κ3) is 5.04. The van der Waals surface area contributed by atoms with Gasteiger partial charge in [0.1, 0.15) is 0 Å². The topological polar surface area (TPSA) is 65.0 Å². The van der Waals surface area contributed by atoms with Gasteiger partial charge < -0.3 is 10.2 Å². The van der Waals surface area contributed by atoms with Gasteiger partial charge in [-0.25, -0.2) is 12.7 Å². The minimum Gasteiger partial charge on any atom is -0.357 e. The van der Waals surface area contributed by atoms with Crippen molar-refractivity contribution in [3.8, 4) is 0 Å². The lowest BCUT2D eigenvalue weighted by molar-refractivity contribution is 0.299. The SMILES string of the molecule is CCNC(=NCCS(=O)(=O)N1CCSCC1)N1CC2CCCCC2C1. The van der Waals surface area contributed by atoms with Crippen LogP contribution in [-0.4, -0.2) is 80.1 Å². The van der Waals surface area contributed by atoms with Crippen molar-refractivity contribution in [1.29, 1.82) is 0 Å². The number of fused-ring (bicyclic) bond motifs is 1. The predicted molar refractivity (Wildman–Crippen MR) is 106 cm³/mol. The van der Waals surface area contributed by atoms with Crippen molar-refractivity contribution < 1.29 is 8.42 Å². The molecule has 1 aliphatic carbocycles. The second-order valence-corrected chi connectivity index (χ2v) is 10.6. The molecule has 144 valence electrons. The number of hydrogen-bond acceptors (Lipinski definition) is 4.